The summed E-state index contributed by atoms with van der Waals surface area (Å²) < 4.78 is 3.29. The summed E-state index contributed by atoms with van der Waals surface area (Å²) in [6.07, 6.45) is 7.41. The Morgan fingerprint density at radius 2 is 1.88 bits per heavy atom. The Morgan fingerprint density at radius 1 is 1.00 bits per heavy atom. The van der Waals surface area contributed by atoms with E-state index in [0.717, 1.165) is 27.7 Å². The lowest BCUT2D eigenvalue weighted by molar-refractivity contribution is -0.118. The number of fused-ring (bicyclic) bond motifs is 1. The van der Waals surface area contributed by atoms with E-state index in [1.54, 1.807) is 52.1 Å². The number of nitrogens with two attached hydrogens (primary N) is 1. The van der Waals surface area contributed by atoms with Gasteiger partial charge in [0.25, 0.3) is 11.5 Å². The monoisotopic (exact) mass is 555 g/mol. The van der Waals surface area contributed by atoms with Crippen molar-refractivity contribution in [1.82, 2.24) is 29.6 Å². The Morgan fingerprint density at radius 3 is 2.65 bits per heavy atom. The van der Waals surface area contributed by atoms with Crippen molar-refractivity contribution in [3.63, 3.8) is 0 Å². The second kappa shape index (κ2) is 11.9. The summed E-state index contributed by atoms with van der Waals surface area (Å²) in [5.74, 6) is -0.714. The lowest BCUT2D eigenvalue weighted by atomic mass is 10.1. The largest absolute Gasteiger partial charge is 0.370 e. The maximum atomic E-state index is 13.0. The van der Waals surface area contributed by atoms with E-state index in [9.17, 15) is 14.4 Å². The van der Waals surface area contributed by atoms with Gasteiger partial charge in [-0.2, -0.15) is 5.10 Å². The molecule has 0 aliphatic carbocycles. The van der Waals surface area contributed by atoms with Gasteiger partial charge in [0.05, 0.1) is 42.1 Å². The molecule has 0 bridgehead atoms. The predicted molar refractivity (Wildman–Crippen MR) is 151 cm³/mol. The van der Waals surface area contributed by atoms with Crippen LogP contribution in [0.3, 0.4) is 0 Å². The molecular formula is C29H26ClN7O3. The highest BCUT2D eigenvalue weighted by molar-refractivity contribution is 6.31. The number of carbonyl (C=O) groups excluding carboxylic acids is 2. The van der Waals surface area contributed by atoms with E-state index in [4.69, 9.17) is 17.3 Å². The zero-order valence-corrected chi connectivity index (χ0v) is 22.2. The van der Waals surface area contributed by atoms with Crippen LogP contribution in [0, 0.1) is 0 Å². The number of primary amides is 1. The molecule has 4 aromatic heterocycles. The highest BCUT2D eigenvalue weighted by atomic mass is 35.5. The minimum Gasteiger partial charge on any atom is -0.370 e. The zero-order chi connectivity index (χ0) is 28.1. The Kier molecular flexibility index (Phi) is 7.97. The van der Waals surface area contributed by atoms with Gasteiger partial charge < -0.3 is 15.6 Å². The lowest BCUT2D eigenvalue weighted by Crippen LogP contribution is -2.23. The second-order valence-electron chi connectivity index (χ2n) is 9.31. The number of carbonyl (C=O) groups is 2. The molecule has 3 N–H and O–H groups in total. The highest BCUT2D eigenvalue weighted by Gasteiger charge is 2.14. The van der Waals surface area contributed by atoms with Crippen LogP contribution in [0.1, 0.15) is 39.3 Å². The van der Waals surface area contributed by atoms with Crippen molar-refractivity contribution in [1.29, 1.82) is 0 Å². The number of rotatable bonds is 10. The van der Waals surface area contributed by atoms with Crippen molar-refractivity contribution in [3.05, 3.63) is 123 Å². The quantitative estimate of drug-likeness (QED) is 0.271. The van der Waals surface area contributed by atoms with Gasteiger partial charge in [0.2, 0.25) is 5.91 Å². The van der Waals surface area contributed by atoms with Gasteiger partial charge in [-0.25, -0.2) is 0 Å². The second-order valence-corrected chi connectivity index (χ2v) is 9.75. The number of halogens is 1. The van der Waals surface area contributed by atoms with E-state index in [0.29, 0.717) is 35.8 Å². The van der Waals surface area contributed by atoms with Gasteiger partial charge in [-0.15, -0.1) is 0 Å². The van der Waals surface area contributed by atoms with Gasteiger partial charge in [-0.3, -0.25) is 29.0 Å². The van der Waals surface area contributed by atoms with Gasteiger partial charge in [-0.1, -0.05) is 23.7 Å². The molecule has 40 heavy (non-hydrogen) atoms. The van der Waals surface area contributed by atoms with Crippen LogP contribution in [-0.4, -0.2) is 36.1 Å². The van der Waals surface area contributed by atoms with Gasteiger partial charge in [0.1, 0.15) is 0 Å². The third-order valence-corrected chi connectivity index (χ3v) is 6.59. The van der Waals surface area contributed by atoms with E-state index in [2.05, 4.69) is 20.4 Å². The first kappa shape index (κ1) is 26.8. The number of hydrogen-bond donors (Lipinski definition) is 2. The maximum absolute atomic E-state index is 13.0. The smallest absolute Gasteiger partial charge is 0.253 e. The SMILES string of the molecule is NC(=O)CCn1nc(CNC(=O)c2cncc(Cc3ccc(Cn4ccccc4=O)nc3)c2)c2cc(Cl)ccc21. The number of benzene rings is 1. The zero-order valence-electron chi connectivity index (χ0n) is 21.5. The van der Waals surface area contributed by atoms with Gasteiger partial charge >= 0.3 is 0 Å². The third kappa shape index (κ3) is 6.41. The fourth-order valence-corrected chi connectivity index (χ4v) is 4.54. The van der Waals surface area contributed by atoms with Crippen LogP contribution in [0.5, 0.6) is 0 Å². The van der Waals surface area contributed by atoms with Crippen LogP contribution in [0.25, 0.3) is 10.9 Å². The van der Waals surface area contributed by atoms with Crippen molar-refractivity contribution in [3.8, 4) is 0 Å². The first-order valence-corrected chi connectivity index (χ1v) is 13.0. The normalized spacial score (nSPS) is 11.0. The van der Waals surface area contributed by atoms with Crippen LogP contribution < -0.4 is 16.6 Å². The molecule has 5 aromatic rings. The molecule has 0 atom stereocenters. The first-order chi connectivity index (χ1) is 19.4. The van der Waals surface area contributed by atoms with Gasteiger partial charge in [0.15, 0.2) is 0 Å². The molecule has 0 spiro atoms. The van der Waals surface area contributed by atoms with E-state index < -0.39 is 5.91 Å². The van der Waals surface area contributed by atoms with Crippen molar-refractivity contribution in [2.24, 2.45) is 5.73 Å². The summed E-state index contributed by atoms with van der Waals surface area (Å²) in [7, 11) is 0. The molecule has 0 fully saturated rings. The number of pyridine rings is 3. The molecule has 0 aliphatic heterocycles. The summed E-state index contributed by atoms with van der Waals surface area (Å²) in [4.78, 5) is 44.9. The van der Waals surface area contributed by atoms with E-state index in [-0.39, 0.29) is 24.4 Å². The van der Waals surface area contributed by atoms with E-state index >= 15 is 0 Å². The molecule has 10 nitrogen and oxygen atoms in total. The molecular weight excluding hydrogens is 530 g/mol. The Hall–Kier alpha value is -4.83. The third-order valence-electron chi connectivity index (χ3n) is 6.36. The maximum Gasteiger partial charge on any atom is 0.253 e. The minimum atomic E-state index is -0.421. The standard InChI is InChI=1S/C29H26ClN7O3/c30-22-5-7-26-24(13-22)25(35-37(26)10-8-27(31)38)17-34-29(40)21-12-20(14-32-16-21)11-19-4-6-23(33-15-19)18-36-9-2-1-3-28(36)39/h1-7,9,12-16H,8,10-11,17-18H2,(H2,31,38)(H,34,40). The molecule has 5 rings (SSSR count). The molecule has 0 unspecified atom stereocenters. The van der Waals surface area contributed by atoms with Crippen molar-refractivity contribution in [2.75, 3.05) is 0 Å². The molecule has 0 aliphatic rings. The predicted octanol–water partition coefficient (Wildman–Crippen LogP) is 3.09. The number of nitrogens with one attached hydrogen (secondary N) is 1. The average molecular weight is 556 g/mol. The topological polar surface area (TPSA) is 138 Å². The molecule has 0 radical (unpaired) electrons. The van der Waals surface area contributed by atoms with Gasteiger partial charge in [-0.05, 0) is 47.5 Å². The Labute approximate surface area is 234 Å². The van der Waals surface area contributed by atoms with Crippen LogP contribution in [0.4, 0.5) is 0 Å². The number of aryl methyl sites for hydroxylation is 1. The molecule has 1 aromatic carbocycles. The van der Waals surface area contributed by atoms with Crippen LogP contribution in [0.2, 0.25) is 5.02 Å². The summed E-state index contributed by atoms with van der Waals surface area (Å²) >= 11 is 6.20. The van der Waals surface area contributed by atoms with Crippen LogP contribution >= 0.6 is 11.6 Å². The minimum absolute atomic E-state index is 0.0806. The van der Waals surface area contributed by atoms with Gasteiger partial charge in [0, 0.05) is 54.1 Å². The average Bonchev–Trinajstić information content (AvgIpc) is 3.29. The summed E-state index contributed by atoms with van der Waals surface area (Å²) in [5.41, 5.74) is 9.65. The Bertz CT molecular complexity index is 1750. The fraction of sp³-hybridized carbons (Fsp3) is 0.172. The number of amides is 2. The molecule has 11 heteroatoms. The molecule has 0 saturated heterocycles. The summed E-state index contributed by atoms with van der Waals surface area (Å²) in [6.45, 7) is 0.884. The summed E-state index contributed by atoms with van der Waals surface area (Å²) in [6, 6.07) is 16.0. The van der Waals surface area contributed by atoms with Crippen molar-refractivity contribution < 1.29 is 9.59 Å². The lowest BCUT2D eigenvalue weighted by Gasteiger charge is -2.08. The Balaban J connectivity index is 1.24. The molecule has 202 valence electrons. The van der Waals surface area contributed by atoms with Crippen LogP contribution in [-0.2, 0) is 30.8 Å². The molecule has 4 heterocycles. The number of aromatic nitrogens is 5. The van der Waals surface area contributed by atoms with Crippen molar-refractivity contribution >= 4 is 34.3 Å². The molecule has 0 saturated carbocycles. The molecule has 2 amide bonds. The van der Waals surface area contributed by atoms with Crippen molar-refractivity contribution in [2.45, 2.75) is 32.5 Å². The van der Waals surface area contributed by atoms with E-state index in [1.807, 2.05) is 24.3 Å². The van der Waals surface area contributed by atoms with Crippen LogP contribution in [0.15, 0.2) is 84.2 Å². The highest BCUT2D eigenvalue weighted by Crippen LogP contribution is 2.23. The number of nitrogens with zero attached hydrogens (tertiary/aromatic N) is 5. The number of hydrogen-bond acceptors (Lipinski definition) is 6. The first-order valence-electron chi connectivity index (χ1n) is 12.6. The fourth-order valence-electron chi connectivity index (χ4n) is 4.36. The summed E-state index contributed by atoms with van der Waals surface area (Å²) in [5, 5.41) is 8.81. The van der Waals surface area contributed by atoms with E-state index in [1.165, 1.54) is 12.3 Å².